The summed E-state index contributed by atoms with van der Waals surface area (Å²) in [6.45, 7) is 10.7. The van der Waals surface area contributed by atoms with Crippen molar-refractivity contribution in [3.8, 4) is 23.0 Å². The Kier molecular flexibility index (Phi) is 63.2. The number of nitrogens with one attached hydrogen (secondary N) is 1. The van der Waals surface area contributed by atoms with E-state index >= 15 is 0 Å². The predicted molar refractivity (Wildman–Crippen MR) is 482 cm³/mol. The predicted octanol–water partition coefficient (Wildman–Crippen LogP) is 12.8. The Morgan fingerprint density at radius 2 is 0.823 bits per heavy atom. The third-order valence-corrected chi connectivity index (χ3v) is 20.7. The number of esters is 1. The summed E-state index contributed by atoms with van der Waals surface area (Å²) in [5.74, 6) is -1.28. The molecule has 3 heterocycles. The van der Waals surface area contributed by atoms with Crippen LogP contribution in [0.4, 0.5) is 4.79 Å². The molecule has 2 amide bonds. The minimum absolute atomic E-state index is 0. The largest absolute Gasteiger partial charge is 1.00 e. The molecule has 30 heteroatoms. The van der Waals surface area contributed by atoms with Crippen LogP contribution in [0.1, 0.15) is 167 Å². The van der Waals surface area contributed by atoms with Gasteiger partial charge in [0.1, 0.15) is 29.6 Å². The Morgan fingerprint density at radius 1 is 0.452 bits per heavy atom. The average Bonchev–Trinajstić information content (AvgIpc) is 0.820. The first-order valence-electron chi connectivity index (χ1n) is 40.6. The molecule has 0 radical (unpaired) electrons. The first-order valence-corrected chi connectivity index (χ1v) is 42.6. The first-order chi connectivity index (χ1) is 59.1. The van der Waals surface area contributed by atoms with E-state index in [1.807, 2.05) is 131 Å². The number of methoxy groups -OCH3 is 5. The van der Waals surface area contributed by atoms with Gasteiger partial charge in [0.2, 0.25) is 0 Å². The number of aromatic hydroxyl groups is 3. The van der Waals surface area contributed by atoms with E-state index in [-0.39, 0.29) is 102 Å². The van der Waals surface area contributed by atoms with Crippen LogP contribution in [0.15, 0.2) is 191 Å². The second-order valence-corrected chi connectivity index (χ2v) is 29.5. The molecule has 124 heavy (non-hydrogen) atoms. The third kappa shape index (κ3) is 43.3. The maximum atomic E-state index is 13.3. The van der Waals surface area contributed by atoms with E-state index in [9.17, 15) is 43.8 Å². The van der Waals surface area contributed by atoms with E-state index in [1.165, 1.54) is 42.7 Å². The van der Waals surface area contributed by atoms with Crippen molar-refractivity contribution in [2.45, 2.75) is 128 Å². The second kappa shape index (κ2) is 69.3. The van der Waals surface area contributed by atoms with Gasteiger partial charge < -0.3 is 94.2 Å². The van der Waals surface area contributed by atoms with Crippen LogP contribution in [-0.2, 0) is 71.7 Å². The Bertz CT molecular complexity index is 4300. The number of piperidine rings is 3. The van der Waals surface area contributed by atoms with Crippen LogP contribution in [0.25, 0.3) is 0 Å². The van der Waals surface area contributed by atoms with E-state index in [2.05, 4.69) is 48.0 Å². The van der Waals surface area contributed by atoms with Gasteiger partial charge in [0.15, 0.2) is 12.6 Å². The number of carboxylic acids is 1. The number of phenols is 3. The number of aldehydes is 2. The summed E-state index contributed by atoms with van der Waals surface area (Å²) >= 11 is 11.6. The molecular weight excluding hydrogens is 1740 g/mol. The van der Waals surface area contributed by atoms with Crippen LogP contribution in [0.2, 0.25) is 0 Å². The maximum Gasteiger partial charge on any atom is 1.00 e. The number of ether oxygens (including phenoxy) is 8. The molecular formula is C94H123Br2ClLiN3O23. The Balaban J connectivity index is 0.000000724. The zero-order valence-electron chi connectivity index (χ0n) is 72.4. The zero-order valence-corrected chi connectivity index (χ0v) is 76.4. The Labute approximate surface area is 763 Å². The number of carbonyl (C=O) groups is 7. The number of carbonyl (C=O) groups excluding carboxylic acids is 6. The normalized spacial score (nSPS) is 13.9. The maximum absolute atomic E-state index is 13.3. The SMILES string of the molecule is CCOC(=O)Cl.CCOC(=O)c1ccccc1CCOC.COCCc1ccccc1Br.COCCc1ccccc1C(=O)N1CCCC[C@H]1CO.COCCc1ccccc1C(=O)N1CCCC[C@H]1COc1cccc(O)c1C=O.COCCc1ccccc1C(=O)O.O=Cc1c(O)cccc1O.OCCc1ccccc1Br.OC[C@@H]1CCCCN1.[Li+].[OH-]. The Hall–Kier alpha value is -8.90. The Morgan fingerprint density at radius 3 is 1.19 bits per heavy atom. The van der Waals surface area contributed by atoms with Crippen LogP contribution < -0.4 is 28.9 Å². The van der Waals surface area contributed by atoms with E-state index < -0.39 is 11.4 Å². The van der Waals surface area contributed by atoms with Crippen molar-refractivity contribution >= 4 is 85.2 Å². The monoisotopic (exact) mass is 1860 g/mol. The molecule has 0 spiro atoms. The molecule has 9 N–H and O–H groups in total. The summed E-state index contributed by atoms with van der Waals surface area (Å²) in [5, 5.41) is 66.4. The molecule has 3 aliphatic rings. The number of likely N-dealkylation sites (tertiary alicyclic amines) is 2. The fraction of sp³-hybridized carbons (Fsp3) is 0.415. The molecule has 3 saturated heterocycles. The number of carboxylic acid groups (broad SMARTS) is 1. The molecule has 8 aromatic rings. The number of hydrogen-bond acceptors (Lipinski definition) is 23. The van der Waals surface area contributed by atoms with Gasteiger partial charge in [-0.05, 0) is 204 Å². The zero-order chi connectivity index (χ0) is 89.7. The molecule has 0 aliphatic carbocycles. The molecule has 8 aromatic carbocycles. The molecule has 11 rings (SSSR count). The summed E-state index contributed by atoms with van der Waals surface area (Å²) < 4.78 is 42.4. The third-order valence-electron chi connectivity index (χ3n) is 19.1. The van der Waals surface area contributed by atoms with E-state index in [0.29, 0.717) is 107 Å². The minimum Gasteiger partial charge on any atom is -0.870 e. The van der Waals surface area contributed by atoms with Gasteiger partial charge in [-0.15, -0.1) is 0 Å². The van der Waals surface area contributed by atoms with Crippen molar-refractivity contribution in [1.82, 2.24) is 15.1 Å². The quantitative estimate of drug-likeness (QED) is 0.00897. The molecule has 0 unspecified atom stereocenters. The van der Waals surface area contributed by atoms with Gasteiger partial charge in [-0.2, -0.15) is 0 Å². The number of aliphatic hydroxyl groups is 3. The number of benzene rings is 8. The second-order valence-electron chi connectivity index (χ2n) is 27.4. The number of phenolic OH excluding ortho intramolecular Hbond substituents is 3. The number of aliphatic hydroxyl groups excluding tert-OH is 3. The number of amides is 2. The molecule has 0 bridgehead atoms. The van der Waals surface area contributed by atoms with Gasteiger partial charge in [0, 0.05) is 93.0 Å². The standard InChI is InChI=1S/C23H27NO5.C16H23NO3.C12H16O3.C10H12O3.C9H11BrO.C8H9BrO.C7H6O3.C6H13NO.C3H5ClO2.Li.H2O/c1-28-14-12-17-7-2-3-9-19(17)23(27)24-13-5-4-8-18(24)16-29-22-11-6-10-21(26)20(22)15-25;1-20-11-9-13-6-2-3-8-15(13)16(19)17-10-5-4-7-14(17)12-18;1-3-15-12(13)11-7-5-4-6-10(11)8-9-14-2;1-13-7-6-8-4-2-3-5-9(8)10(11)12;1-11-7-6-8-4-2-3-5-9(8)10;9-8-4-2-1-3-7(8)5-6-10;8-4-5-6(9)2-1-3-7(5)10;8-5-6-3-1-2-4-7-6;1-2-6-3(4)5;;/h2-3,6-7,9-11,15,18,26H,4-5,8,12-14,16H2,1H3;2-3,6,8,14,18H,4-5,7,9-12H2,1H3;4-7H,3,8-9H2,1-2H3;2-5H,6-7H2,1H3,(H,11,12);2-5H,6-7H2,1H3;1-4,10H,5-6H2;1-4,9-10H;6-8H,1-5H2;2H2,1H3;;1H2/q;;;;;;;;;+1;/p-1/t18-;14-;;;;;;6-;;;/m00.....0.../s1. The van der Waals surface area contributed by atoms with Gasteiger partial charge in [0.05, 0.1) is 93.8 Å². The van der Waals surface area contributed by atoms with Crippen molar-refractivity contribution in [3.05, 3.63) is 258 Å². The summed E-state index contributed by atoms with van der Waals surface area (Å²) in [6.07, 6.45) is 15.0. The summed E-state index contributed by atoms with van der Waals surface area (Å²) in [4.78, 5) is 83.0. The van der Waals surface area contributed by atoms with Crippen molar-refractivity contribution in [2.75, 3.05) is 128 Å². The fourth-order valence-corrected chi connectivity index (χ4v) is 13.7. The molecule has 0 saturated carbocycles. The van der Waals surface area contributed by atoms with Gasteiger partial charge in [-0.3, -0.25) is 19.2 Å². The van der Waals surface area contributed by atoms with E-state index in [0.717, 1.165) is 133 Å². The average molecular weight is 1870 g/mol. The van der Waals surface area contributed by atoms with Gasteiger partial charge in [-0.1, -0.05) is 160 Å². The van der Waals surface area contributed by atoms with Crippen LogP contribution in [0.3, 0.4) is 0 Å². The smallest absolute Gasteiger partial charge is 0.870 e. The fourth-order valence-electron chi connectivity index (χ4n) is 12.6. The number of hydrogen-bond donors (Lipinski definition) is 8. The molecule has 674 valence electrons. The van der Waals surface area contributed by atoms with Crippen LogP contribution in [0.5, 0.6) is 23.0 Å². The number of halogens is 3. The number of rotatable bonds is 30. The van der Waals surface area contributed by atoms with Gasteiger partial charge in [0.25, 0.3) is 11.8 Å². The van der Waals surface area contributed by atoms with Gasteiger partial charge in [-0.25, -0.2) is 14.4 Å². The topological polar surface area (TPSA) is 383 Å². The van der Waals surface area contributed by atoms with Crippen molar-refractivity contribution in [2.24, 2.45) is 0 Å². The molecule has 26 nitrogen and oxygen atoms in total. The summed E-state index contributed by atoms with van der Waals surface area (Å²) in [6, 6.07) is 55.0. The summed E-state index contributed by atoms with van der Waals surface area (Å²) in [7, 11) is 8.28. The summed E-state index contributed by atoms with van der Waals surface area (Å²) in [5.41, 5.74) is 7.99. The van der Waals surface area contributed by atoms with Crippen LogP contribution in [-0.4, -0.2) is 239 Å². The van der Waals surface area contributed by atoms with Crippen molar-refractivity contribution in [3.63, 3.8) is 0 Å². The molecule has 3 atom stereocenters. The van der Waals surface area contributed by atoms with E-state index in [1.54, 1.807) is 79.7 Å². The molecule has 3 fully saturated rings. The number of aromatic carboxylic acids is 1. The molecule has 0 aromatic heterocycles. The first kappa shape index (κ1) is 113. The molecule has 3 aliphatic heterocycles. The van der Waals surface area contributed by atoms with Gasteiger partial charge >= 0.3 is 36.2 Å². The number of nitrogens with zero attached hydrogens (tertiary/aromatic N) is 2. The van der Waals surface area contributed by atoms with Crippen molar-refractivity contribution < 1.29 is 132 Å². The van der Waals surface area contributed by atoms with E-state index in [4.69, 9.17) is 70.3 Å². The van der Waals surface area contributed by atoms with Crippen LogP contribution in [0, 0.1) is 0 Å². The van der Waals surface area contributed by atoms with Crippen LogP contribution >= 0.6 is 43.5 Å². The van der Waals surface area contributed by atoms with Crippen molar-refractivity contribution in [1.29, 1.82) is 0 Å². The minimum atomic E-state index is -0.883.